The Bertz CT molecular complexity index is 349. The maximum absolute atomic E-state index is 12.0. The second kappa shape index (κ2) is 5.45. The van der Waals surface area contributed by atoms with Gasteiger partial charge in [-0.1, -0.05) is 18.6 Å². The molecule has 17 heavy (non-hydrogen) atoms. The zero-order valence-electron chi connectivity index (χ0n) is 9.83. The summed E-state index contributed by atoms with van der Waals surface area (Å²) in [6.07, 6.45) is 3.76. The summed E-state index contributed by atoms with van der Waals surface area (Å²) in [7, 11) is 0. The first-order valence-corrected chi connectivity index (χ1v) is 5.96. The van der Waals surface area contributed by atoms with Crippen LogP contribution in [0.3, 0.4) is 0 Å². The summed E-state index contributed by atoms with van der Waals surface area (Å²) in [6.45, 7) is -0.673. The van der Waals surface area contributed by atoms with E-state index in [1.54, 1.807) is 12.1 Å². The molecule has 1 unspecified atom stereocenters. The van der Waals surface area contributed by atoms with Crippen LogP contribution in [0.1, 0.15) is 37.8 Å². The van der Waals surface area contributed by atoms with Gasteiger partial charge in [0.2, 0.25) is 0 Å². The summed E-state index contributed by atoms with van der Waals surface area (Å²) in [4.78, 5) is 0. The van der Waals surface area contributed by atoms with Crippen molar-refractivity contribution in [1.29, 1.82) is 0 Å². The molecule has 1 fully saturated rings. The number of nitrogens with one attached hydrogen (secondary N) is 1. The normalized spacial score (nSPS) is 17.9. The minimum absolute atomic E-state index is 0.208. The Morgan fingerprint density at radius 2 is 1.88 bits per heavy atom. The van der Waals surface area contributed by atoms with Crippen LogP contribution in [-0.2, 0) is 0 Å². The first-order chi connectivity index (χ1) is 8.15. The summed E-state index contributed by atoms with van der Waals surface area (Å²) >= 11 is 0. The highest BCUT2D eigenvalue weighted by atomic mass is 19.3. The van der Waals surface area contributed by atoms with E-state index in [9.17, 15) is 8.78 Å². The van der Waals surface area contributed by atoms with E-state index in [1.807, 2.05) is 12.1 Å². The highest BCUT2D eigenvalue weighted by molar-refractivity contribution is 5.29. The van der Waals surface area contributed by atoms with Gasteiger partial charge in [0.05, 0.1) is 0 Å². The van der Waals surface area contributed by atoms with Gasteiger partial charge >= 0.3 is 6.61 Å². The van der Waals surface area contributed by atoms with Crippen LogP contribution >= 0.6 is 0 Å². The van der Waals surface area contributed by atoms with E-state index in [-0.39, 0.29) is 11.8 Å². The number of hydrogen-bond acceptors (Lipinski definition) is 2. The van der Waals surface area contributed by atoms with Crippen molar-refractivity contribution in [2.45, 2.75) is 44.9 Å². The Hall–Kier alpha value is -1.16. The minimum atomic E-state index is -2.76. The van der Waals surface area contributed by atoms with Crippen LogP contribution in [0.15, 0.2) is 24.3 Å². The molecule has 0 radical (unpaired) electrons. The Morgan fingerprint density at radius 1 is 1.24 bits per heavy atom. The van der Waals surface area contributed by atoms with Gasteiger partial charge in [0, 0.05) is 12.1 Å². The van der Waals surface area contributed by atoms with Crippen molar-refractivity contribution in [3.05, 3.63) is 29.8 Å². The number of rotatable bonds is 5. The van der Waals surface area contributed by atoms with Gasteiger partial charge in [0.15, 0.2) is 0 Å². The number of ether oxygens (including phenoxy) is 1. The molecule has 0 spiro atoms. The standard InChI is InChI=1S/C13H17F2NO/c1-9(16-11-3-2-4-11)10-5-7-12(8-6-10)17-13(14)15/h5-9,11,13,16H,2-4H2,1H3. The molecule has 94 valence electrons. The molecule has 0 amide bonds. The van der Waals surface area contributed by atoms with E-state index in [0.29, 0.717) is 6.04 Å². The summed E-state index contributed by atoms with van der Waals surface area (Å²) in [6, 6.07) is 7.69. The zero-order valence-corrected chi connectivity index (χ0v) is 9.83. The molecule has 1 aliphatic carbocycles. The molecule has 4 heteroatoms. The van der Waals surface area contributed by atoms with Gasteiger partial charge in [-0.15, -0.1) is 0 Å². The average Bonchev–Trinajstić information content (AvgIpc) is 2.23. The van der Waals surface area contributed by atoms with Crippen molar-refractivity contribution in [2.75, 3.05) is 0 Å². The van der Waals surface area contributed by atoms with Crippen molar-refractivity contribution >= 4 is 0 Å². The first kappa shape index (κ1) is 12.3. The van der Waals surface area contributed by atoms with Gasteiger partial charge in [-0.05, 0) is 37.5 Å². The Kier molecular flexibility index (Phi) is 3.94. The highest BCUT2D eigenvalue weighted by Crippen LogP contribution is 2.24. The fourth-order valence-electron chi connectivity index (χ4n) is 1.96. The largest absolute Gasteiger partial charge is 0.435 e. The second-order valence-corrected chi connectivity index (χ2v) is 4.46. The fraction of sp³-hybridized carbons (Fsp3) is 0.538. The lowest BCUT2D eigenvalue weighted by atomic mass is 9.92. The molecule has 0 bridgehead atoms. The van der Waals surface area contributed by atoms with Crippen molar-refractivity contribution in [1.82, 2.24) is 5.32 Å². The van der Waals surface area contributed by atoms with Gasteiger partial charge in [0.25, 0.3) is 0 Å². The monoisotopic (exact) mass is 241 g/mol. The van der Waals surface area contributed by atoms with Crippen molar-refractivity contribution in [2.24, 2.45) is 0 Å². The Labute approximate surface area is 100.0 Å². The maximum atomic E-state index is 12.0. The van der Waals surface area contributed by atoms with Crippen LogP contribution < -0.4 is 10.1 Å². The quantitative estimate of drug-likeness (QED) is 0.852. The lowest BCUT2D eigenvalue weighted by Gasteiger charge is -2.30. The number of halogens is 2. The van der Waals surface area contributed by atoms with Crippen molar-refractivity contribution in [3.8, 4) is 5.75 Å². The highest BCUT2D eigenvalue weighted by Gasteiger charge is 2.19. The van der Waals surface area contributed by atoms with E-state index in [2.05, 4.69) is 17.0 Å². The van der Waals surface area contributed by atoms with Crippen LogP contribution in [0, 0.1) is 0 Å². The molecule has 1 saturated carbocycles. The first-order valence-electron chi connectivity index (χ1n) is 5.96. The lowest BCUT2D eigenvalue weighted by molar-refractivity contribution is -0.0498. The van der Waals surface area contributed by atoms with Crippen LogP contribution in [0.25, 0.3) is 0 Å². The second-order valence-electron chi connectivity index (χ2n) is 4.46. The van der Waals surface area contributed by atoms with Gasteiger partial charge in [-0.25, -0.2) is 0 Å². The Balaban J connectivity index is 1.91. The zero-order chi connectivity index (χ0) is 12.3. The van der Waals surface area contributed by atoms with E-state index >= 15 is 0 Å². The third-order valence-corrected chi connectivity index (χ3v) is 3.20. The van der Waals surface area contributed by atoms with Gasteiger partial charge in [-0.3, -0.25) is 0 Å². The molecule has 0 saturated heterocycles. The molecule has 1 aromatic carbocycles. The summed E-state index contributed by atoms with van der Waals surface area (Å²) < 4.78 is 28.2. The SMILES string of the molecule is CC(NC1CCC1)c1ccc(OC(F)F)cc1. The van der Waals surface area contributed by atoms with Gasteiger partial charge in [-0.2, -0.15) is 8.78 Å². The molecule has 0 aromatic heterocycles. The topological polar surface area (TPSA) is 21.3 Å². The van der Waals surface area contributed by atoms with E-state index in [4.69, 9.17) is 0 Å². The van der Waals surface area contributed by atoms with E-state index in [1.165, 1.54) is 19.3 Å². The molecule has 0 heterocycles. The molecule has 2 rings (SSSR count). The van der Waals surface area contributed by atoms with E-state index < -0.39 is 6.61 Å². The summed E-state index contributed by atoms with van der Waals surface area (Å²) in [5.74, 6) is 0.208. The molecule has 2 nitrogen and oxygen atoms in total. The van der Waals surface area contributed by atoms with Crippen LogP contribution in [0.4, 0.5) is 8.78 Å². The number of hydrogen-bond donors (Lipinski definition) is 1. The molecule has 0 aliphatic heterocycles. The average molecular weight is 241 g/mol. The van der Waals surface area contributed by atoms with Crippen LogP contribution in [0.2, 0.25) is 0 Å². The third-order valence-electron chi connectivity index (χ3n) is 3.20. The molecule has 1 aliphatic rings. The molecule has 1 aromatic rings. The fourth-order valence-corrected chi connectivity index (χ4v) is 1.96. The minimum Gasteiger partial charge on any atom is -0.435 e. The summed E-state index contributed by atoms with van der Waals surface area (Å²) in [5.41, 5.74) is 1.10. The number of alkyl halides is 2. The van der Waals surface area contributed by atoms with Crippen molar-refractivity contribution in [3.63, 3.8) is 0 Å². The predicted octanol–water partition coefficient (Wildman–Crippen LogP) is 3.49. The molecular formula is C13H17F2NO. The van der Waals surface area contributed by atoms with Gasteiger partial charge in [0.1, 0.15) is 5.75 Å². The molecular weight excluding hydrogens is 224 g/mol. The van der Waals surface area contributed by atoms with Crippen LogP contribution in [0.5, 0.6) is 5.75 Å². The molecule has 1 N–H and O–H groups in total. The predicted molar refractivity (Wildman–Crippen MR) is 62.3 cm³/mol. The lowest BCUT2D eigenvalue weighted by Crippen LogP contribution is -2.36. The third kappa shape index (κ3) is 3.40. The maximum Gasteiger partial charge on any atom is 0.387 e. The van der Waals surface area contributed by atoms with Crippen molar-refractivity contribution < 1.29 is 13.5 Å². The van der Waals surface area contributed by atoms with Crippen LogP contribution in [-0.4, -0.2) is 12.7 Å². The smallest absolute Gasteiger partial charge is 0.387 e. The Morgan fingerprint density at radius 3 is 2.35 bits per heavy atom. The molecule has 1 atom stereocenters. The summed E-state index contributed by atoms with van der Waals surface area (Å²) in [5, 5.41) is 3.50. The number of benzene rings is 1. The van der Waals surface area contributed by atoms with Gasteiger partial charge < -0.3 is 10.1 Å². The van der Waals surface area contributed by atoms with E-state index in [0.717, 1.165) is 5.56 Å².